The molecule has 1 N–H and O–H groups in total. The predicted octanol–water partition coefficient (Wildman–Crippen LogP) is 2.99. The Hall–Kier alpha value is -2.87. The zero-order valence-corrected chi connectivity index (χ0v) is 17.4. The van der Waals surface area contributed by atoms with Gasteiger partial charge in [0.2, 0.25) is 0 Å². The second-order valence-electron chi connectivity index (χ2n) is 7.45. The largest absolute Gasteiger partial charge is 0.382 e. The van der Waals surface area contributed by atoms with Crippen LogP contribution in [0.15, 0.2) is 54.6 Å². The van der Waals surface area contributed by atoms with E-state index in [4.69, 9.17) is 4.18 Å². The zero-order valence-electron chi connectivity index (χ0n) is 16.6. The SMILES string of the molecule is CC(C)c1ccc(C2(C)NC(=O)N(CCS(=O)(=O)Oc3ccccc3)C2=O)cc1. The zero-order chi connectivity index (χ0) is 21.2. The second-order valence-corrected chi connectivity index (χ2v) is 9.14. The number of carbonyl (C=O) groups excluding carboxylic acids is 2. The van der Waals surface area contributed by atoms with Crippen molar-refractivity contribution in [1.29, 1.82) is 0 Å². The minimum Gasteiger partial charge on any atom is -0.382 e. The van der Waals surface area contributed by atoms with Crippen molar-refractivity contribution in [2.24, 2.45) is 0 Å². The average Bonchev–Trinajstić information content (AvgIpc) is 2.90. The van der Waals surface area contributed by atoms with Crippen LogP contribution in [0, 0.1) is 0 Å². The maximum atomic E-state index is 12.9. The number of para-hydroxylation sites is 1. The lowest BCUT2D eigenvalue weighted by atomic mass is 9.90. The molecule has 3 rings (SSSR count). The van der Waals surface area contributed by atoms with Gasteiger partial charge in [-0.2, -0.15) is 8.42 Å². The van der Waals surface area contributed by atoms with Crippen molar-refractivity contribution in [3.8, 4) is 5.75 Å². The number of nitrogens with zero attached hydrogens (tertiary/aromatic N) is 1. The lowest BCUT2D eigenvalue weighted by Crippen LogP contribution is -2.41. The molecule has 1 fully saturated rings. The van der Waals surface area contributed by atoms with Crippen LogP contribution in [0.2, 0.25) is 0 Å². The van der Waals surface area contributed by atoms with E-state index < -0.39 is 33.3 Å². The Balaban J connectivity index is 1.71. The predicted molar refractivity (Wildman–Crippen MR) is 109 cm³/mol. The van der Waals surface area contributed by atoms with E-state index in [2.05, 4.69) is 19.2 Å². The topological polar surface area (TPSA) is 92.8 Å². The standard InChI is InChI=1S/C21H24N2O5S/c1-15(2)16-9-11-17(12-10-16)21(3)19(24)23(20(25)22-21)13-14-29(26,27)28-18-7-5-4-6-8-18/h4-12,15H,13-14H2,1-3H3,(H,22,25). The summed E-state index contributed by atoms with van der Waals surface area (Å²) in [6.07, 6.45) is 0. The van der Waals surface area contributed by atoms with Crippen molar-refractivity contribution < 1.29 is 22.2 Å². The molecule has 1 heterocycles. The first-order valence-electron chi connectivity index (χ1n) is 9.34. The Kier molecular flexibility index (Phi) is 5.66. The van der Waals surface area contributed by atoms with E-state index in [-0.39, 0.29) is 12.3 Å². The molecule has 0 bridgehead atoms. The van der Waals surface area contributed by atoms with Crippen molar-refractivity contribution in [1.82, 2.24) is 10.2 Å². The van der Waals surface area contributed by atoms with Crippen molar-refractivity contribution in [3.05, 3.63) is 65.7 Å². The summed E-state index contributed by atoms with van der Waals surface area (Å²) >= 11 is 0. The van der Waals surface area contributed by atoms with Gasteiger partial charge in [-0.05, 0) is 36.1 Å². The number of benzene rings is 2. The normalized spacial score (nSPS) is 19.5. The van der Waals surface area contributed by atoms with Gasteiger partial charge in [-0.1, -0.05) is 56.3 Å². The number of nitrogens with one attached hydrogen (secondary N) is 1. The minimum absolute atomic E-state index is 0.180. The van der Waals surface area contributed by atoms with Crippen LogP contribution in [0.5, 0.6) is 5.75 Å². The van der Waals surface area contributed by atoms with Crippen molar-refractivity contribution in [2.75, 3.05) is 12.3 Å². The fraction of sp³-hybridized carbons (Fsp3) is 0.333. The number of amides is 3. The summed E-state index contributed by atoms with van der Waals surface area (Å²) in [5.41, 5.74) is 0.526. The Morgan fingerprint density at radius 1 is 1.03 bits per heavy atom. The molecule has 1 aliphatic rings. The lowest BCUT2D eigenvalue weighted by Gasteiger charge is -2.23. The van der Waals surface area contributed by atoms with Crippen molar-refractivity contribution in [2.45, 2.75) is 32.2 Å². The van der Waals surface area contributed by atoms with E-state index in [1.165, 1.54) is 12.1 Å². The number of hydrogen-bond donors (Lipinski definition) is 1. The molecule has 2 aromatic carbocycles. The molecule has 8 heteroatoms. The van der Waals surface area contributed by atoms with E-state index >= 15 is 0 Å². The molecule has 3 amide bonds. The van der Waals surface area contributed by atoms with E-state index in [1.807, 2.05) is 24.3 Å². The van der Waals surface area contributed by atoms with E-state index in [0.29, 0.717) is 11.5 Å². The van der Waals surface area contributed by atoms with Gasteiger partial charge in [0.1, 0.15) is 17.0 Å². The number of carbonyl (C=O) groups is 2. The smallest absolute Gasteiger partial charge is 0.325 e. The molecule has 1 saturated heterocycles. The molecule has 7 nitrogen and oxygen atoms in total. The summed E-state index contributed by atoms with van der Waals surface area (Å²) in [7, 11) is -3.96. The number of urea groups is 1. The third-order valence-electron chi connectivity index (χ3n) is 4.96. The first-order chi connectivity index (χ1) is 13.6. The highest BCUT2D eigenvalue weighted by molar-refractivity contribution is 7.87. The number of hydrogen-bond acceptors (Lipinski definition) is 5. The monoisotopic (exact) mass is 416 g/mol. The van der Waals surface area contributed by atoms with Crippen LogP contribution < -0.4 is 9.50 Å². The van der Waals surface area contributed by atoms with E-state index in [0.717, 1.165) is 10.5 Å². The first kappa shape index (κ1) is 20.9. The number of rotatable bonds is 7. The number of imide groups is 1. The summed E-state index contributed by atoms with van der Waals surface area (Å²) < 4.78 is 29.4. The van der Waals surface area contributed by atoms with Gasteiger partial charge in [-0.25, -0.2) is 4.79 Å². The summed E-state index contributed by atoms with van der Waals surface area (Å²) in [5.74, 6) is -0.463. The minimum atomic E-state index is -3.96. The summed E-state index contributed by atoms with van der Waals surface area (Å²) in [6.45, 7) is 5.46. The van der Waals surface area contributed by atoms with Crippen LogP contribution in [0.25, 0.3) is 0 Å². The quantitative estimate of drug-likeness (QED) is 0.553. The molecule has 0 spiro atoms. The van der Waals surface area contributed by atoms with Gasteiger partial charge in [-0.3, -0.25) is 9.69 Å². The molecular formula is C21H24N2O5S. The fourth-order valence-electron chi connectivity index (χ4n) is 3.16. The Labute approximate surface area is 170 Å². The van der Waals surface area contributed by atoms with Gasteiger partial charge in [0.15, 0.2) is 0 Å². The average molecular weight is 416 g/mol. The second kappa shape index (κ2) is 7.87. The Bertz CT molecular complexity index is 1000. The highest BCUT2D eigenvalue weighted by Crippen LogP contribution is 2.30. The van der Waals surface area contributed by atoms with Gasteiger partial charge in [0, 0.05) is 6.54 Å². The highest BCUT2D eigenvalue weighted by atomic mass is 32.2. The van der Waals surface area contributed by atoms with Crippen LogP contribution in [0.1, 0.15) is 37.8 Å². The molecule has 0 saturated carbocycles. The Morgan fingerprint density at radius 2 is 1.66 bits per heavy atom. The molecule has 29 heavy (non-hydrogen) atoms. The molecule has 1 atom stereocenters. The molecule has 0 aromatic heterocycles. The van der Waals surface area contributed by atoms with E-state index in [9.17, 15) is 18.0 Å². The van der Waals surface area contributed by atoms with Crippen molar-refractivity contribution >= 4 is 22.1 Å². The van der Waals surface area contributed by atoms with Crippen LogP contribution in [0.3, 0.4) is 0 Å². The first-order valence-corrected chi connectivity index (χ1v) is 10.9. The van der Waals surface area contributed by atoms with Crippen LogP contribution in [0.4, 0.5) is 4.79 Å². The molecular weight excluding hydrogens is 392 g/mol. The van der Waals surface area contributed by atoms with Crippen LogP contribution in [-0.4, -0.2) is 37.6 Å². The van der Waals surface area contributed by atoms with Gasteiger partial charge < -0.3 is 9.50 Å². The van der Waals surface area contributed by atoms with Crippen molar-refractivity contribution in [3.63, 3.8) is 0 Å². The summed E-state index contributed by atoms with van der Waals surface area (Å²) in [6, 6.07) is 14.9. The molecule has 0 aliphatic carbocycles. The fourth-order valence-corrected chi connectivity index (χ4v) is 4.06. The molecule has 2 aromatic rings. The lowest BCUT2D eigenvalue weighted by molar-refractivity contribution is -0.130. The van der Waals surface area contributed by atoms with Gasteiger partial charge >= 0.3 is 16.1 Å². The Morgan fingerprint density at radius 3 is 2.24 bits per heavy atom. The third kappa shape index (κ3) is 4.42. The van der Waals surface area contributed by atoms with Gasteiger partial charge in [-0.15, -0.1) is 0 Å². The molecule has 1 unspecified atom stereocenters. The molecule has 1 aliphatic heterocycles. The highest BCUT2D eigenvalue weighted by Gasteiger charge is 2.49. The maximum absolute atomic E-state index is 12.9. The molecule has 0 radical (unpaired) electrons. The summed E-state index contributed by atoms with van der Waals surface area (Å²) in [4.78, 5) is 26.2. The van der Waals surface area contributed by atoms with Crippen LogP contribution in [-0.2, 0) is 20.5 Å². The molecule has 154 valence electrons. The van der Waals surface area contributed by atoms with Crippen LogP contribution >= 0.6 is 0 Å². The van der Waals surface area contributed by atoms with Gasteiger partial charge in [0.05, 0.1) is 0 Å². The van der Waals surface area contributed by atoms with Gasteiger partial charge in [0.25, 0.3) is 5.91 Å². The third-order valence-corrected chi connectivity index (χ3v) is 6.09. The summed E-state index contributed by atoms with van der Waals surface area (Å²) in [5, 5.41) is 2.68. The van der Waals surface area contributed by atoms with E-state index in [1.54, 1.807) is 25.1 Å². The maximum Gasteiger partial charge on any atom is 0.325 e.